The predicted molar refractivity (Wildman–Crippen MR) is 59.3 cm³/mol. The first-order valence-electron chi connectivity index (χ1n) is 5.06. The molecule has 0 heterocycles. The van der Waals surface area contributed by atoms with Crippen LogP contribution in [0.3, 0.4) is 0 Å². The third kappa shape index (κ3) is 3.98. The van der Waals surface area contributed by atoms with E-state index in [9.17, 15) is 4.39 Å². The van der Waals surface area contributed by atoms with Crippen LogP contribution in [0.5, 0.6) is 0 Å². The highest BCUT2D eigenvalue weighted by molar-refractivity contribution is 5.24. The van der Waals surface area contributed by atoms with E-state index in [4.69, 9.17) is 4.74 Å². The number of hydrogen-bond donors (Lipinski definition) is 0. The molecule has 0 saturated heterocycles. The quantitative estimate of drug-likeness (QED) is 0.692. The third-order valence-electron chi connectivity index (χ3n) is 2.35. The highest BCUT2D eigenvalue weighted by Crippen LogP contribution is 2.09. The normalized spacial score (nSPS) is 11.0. The summed E-state index contributed by atoms with van der Waals surface area (Å²) in [6, 6.07) is 5.26. The zero-order chi connectivity index (χ0) is 11.3. The van der Waals surface area contributed by atoms with Crippen LogP contribution in [0.25, 0.3) is 0 Å². The van der Waals surface area contributed by atoms with Gasteiger partial charge in [0, 0.05) is 13.7 Å². The van der Waals surface area contributed by atoms with Crippen molar-refractivity contribution < 1.29 is 9.13 Å². The molecule has 1 rings (SSSR count). The summed E-state index contributed by atoms with van der Waals surface area (Å²) in [7, 11) is 3.68. The van der Waals surface area contributed by atoms with Gasteiger partial charge in [0.2, 0.25) is 0 Å². The van der Waals surface area contributed by atoms with Crippen LogP contribution in [0, 0.1) is 12.7 Å². The van der Waals surface area contributed by atoms with Gasteiger partial charge in [0.15, 0.2) is 0 Å². The number of aryl methyl sites for hydroxylation is 1. The van der Waals surface area contributed by atoms with E-state index in [2.05, 4.69) is 4.90 Å². The molecule has 15 heavy (non-hydrogen) atoms. The molecule has 0 atom stereocenters. The van der Waals surface area contributed by atoms with Crippen molar-refractivity contribution in [2.75, 3.05) is 27.4 Å². The summed E-state index contributed by atoms with van der Waals surface area (Å²) in [5, 5.41) is 0. The summed E-state index contributed by atoms with van der Waals surface area (Å²) in [6.07, 6.45) is 0.918. The Morgan fingerprint density at radius 3 is 2.73 bits per heavy atom. The molecule has 2 nitrogen and oxygen atoms in total. The highest BCUT2D eigenvalue weighted by atomic mass is 19.1. The molecule has 0 aliphatic heterocycles. The van der Waals surface area contributed by atoms with Crippen molar-refractivity contribution in [3.05, 3.63) is 35.1 Å². The summed E-state index contributed by atoms with van der Waals surface area (Å²) in [6.45, 7) is 3.33. The molecule has 0 bridgehead atoms. The Morgan fingerprint density at radius 2 is 2.13 bits per heavy atom. The Morgan fingerprint density at radius 1 is 1.40 bits per heavy atom. The highest BCUT2D eigenvalue weighted by Gasteiger charge is 2.01. The molecular weight excluding hydrogens is 193 g/mol. The van der Waals surface area contributed by atoms with E-state index >= 15 is 0 Å². The molecule has 0 aromatic heterocycles. The average molecular weight is 211 g/mol. The molecule has 0 fully saturated rings. The van der Waals surface area contributed by atoms with Gasteiger partial charge < -0.3 is 4.74 Å². The van der Waals surface area contributed by atoms with Crippen molar-refractivity contribution in [1.29, 1.82) is 0 Å². The second-order valence-corrected chi connectivity index (χ2v) is 3.83. The van der Waals surface area contributed by atoms with Crippen molar-refractivity contribution in [1.82, 2.24) is 4.90 Å². The summed E-state index contributed by atoms with van der Waals surface area (Å²) < 4.78 is 18.0. The number of methoxy groups -OCH3 is 1. The molecule has 0 aliphatic rings. The maximum absolute atomic E-state index is 13.0. The number of ether oxygens (including phenoxy) is 1. The van der Waals surface area contributed by atoms with Crippen LogP contribution in [-0.4, -0.2) is 32.3 Å². The second-order valence-electron chi connectivity index (χ2n) is 3.83. The minimum atomic E-state index is -0.135. The van der Waals surface area contributed by atoms with Gasteiger partial charge in [0.1, 0.15) is 5.82 Å². The summed E-state index contributed by atoms with van der Waals surface area (Å²) in [4.78, 5) is 2.08. The molecule has 84 valence electrons. The first-order valence-corrected chi connectivity index (χ1v) is 5.06. The van der Waals surface area contributed by atoms with E-state index in [1.54, 1.807) is 14.0 Å². The molecule has 3 heteroatoms. The number of rotatable bonds is 5. The molecule has 1 aromatic carbocycles. The number of nitrogens with zero attached hydrogens (tertiary/aromatic N) is 1. The zero-order valence-electron chi connectivity index (χ0n) is 9.59. The van der Waals surface area contributed by atoms with Crippen LogP contribution in [0.4, 0.5) is 4.39 Å². The van der Waals surface area contributed by atoms with Gasteiger partial charge >= 0.3 is 0 Å². The van der Waals surface area contributed by atoms with Crippen molar-refractivity contribution >= 4 is 0 Å². The van der Waals surface area contributed by atoms with Gasteiger partial charge in [0.25, 0.3) is 0 Å². The molecule has 0 aliphatic carbocycles. The molecule has 1 aromatic rings. The fraction of sp³-hybridized carbons (Fsp3) is 0.500. The topological polar surface area (TPSA) is 12.5 Å². The van der Waals surface area contributed by atoms with Crippen molar-refractivity contribution in [3.63, 3.8) is 0 Å². The molecule has 0 spiro atoms. The van der Waals surface area contributed by atoms with Crippen LogP contribution in [0.15, 0.2) is 18.2 Å². The Bertz CT molecular complexity index is 314. The van der Waals surface area contributed by atoms with Crippen LogP contribution >= 0.6 is 0 Å². The van der Waals surface area contributed by atoms with Crippen LogP contribution < -0.4 is 0 Å². The van der Waals surface area contributed by atoms with Crippen molar-refractivity contribution in [2.24, 2.45) is 0 Å². The van der Waals surface area contributed by atoms with E-state index in [1.165, 1.54) is 6.07 Å². The van der Waals surface area contributed by atoms with Gasteiger partial charge in [-0.05, 0) is 37.6 Å². The monoisotopic (exact) mass is 211 g/mol. The SMILES string of the molecule is COCN(C)CCc1ccc(F)c(C)c1. The fourth-order valence-corrected chi connectivity index (χ4v) is 1.47. The van der Waals surface area contributed by atoms with Gasteiger partial charge in [-0.2, -0.15) is 0 Å². The zero-order valence-corrected chi connectivity index (χ0v) is 9.59. The average Bonchev–Trinajstić information content (AvgIpc) is 2.20. The van der Waals surface area contributed by atoms with Crippen LogP contribution in [-0.2, 0) is 11.2 Å². The van der Waals surface area contributed by atoms with Gasteiger partial charge in [-0.15, -0.1) is 0 Å². The smallest absolute Gasteiger partial charge is 0.126 e. The number of benzene rings is 1. The molecule has 0 radical (unpaired) electrons. The number of likely N-dealkylation sites (N-methyl/N-ethyl adjacent to an activating group) is 1. The van der Waals surface area contributed by atoms with E-state index in [1.807, 2.05) is 19.2 Å². The Kier molecular flexibility index (Phi) is 4.72. The Hall–Kier alpha value is -0.930. The summed E-state index contributed by atoms with van der Waals surface area (Å²) in [5.41, 5.74) is 1.87. The lowest BCUT2D eigenvalue weighted by Crippen LogP contribution is -2.23. The van der Waals surface area contributed by atoms with Gasteiger partial charge in [-0.25, -0.2) is 4.39 Å². The van der Waals surface area contributed by atoms with Crippen molar-refractivity contribution in [3.8, 4) is 0 Å². The van der Waals surface area contributed by atoms with Crippen LogP contribution in [0.1, 0.15) is 11.1 Å². The van der Waals surface area contributed by atoms with Gasteiger partial charge in [0.05, 0.1) is 6.73 Å². The predicted octanol–water partition coefficient (Wildman–Crippen LogP) is 2.21. The lowest BCUT2D eigenvalue weighted by Gasteiger charge is -2.15. The minimum Gasteiger partial charge on any atom is -0.369 e. The number of hydrogen-bond acceptors (Lipinski definition) is 2. The Labute approximate surface area is 90.7 Å². The first-order chi connectivity index (χ1) is 7.13. The lowest BCUT2D eigenvalue weighted by atomic mass is 10.1. The standard InChI is InChI=1S/C12H18FNO/c1-10-8-11(4-5-12(10)13)6-7-14(2)9-15-3/h4-5,8H,6-7,9H2,1-3H3. The van der Waals surface area contributed by atoms with Gasteiger partial charge in [-0.3, -0.25) is 4.90 Å². The molecule has 0 N–H and O–H groups in total. The molecule has 0 saturated carbocycles. The van der Waals surface area contributed by atoms with E-state index in [0.717, 1.165) is 18.5 Å². The maximum Gasteiger partial charge on any atom is 0.126 e. The second kappa shape index (κ2) is 5.83. The fourth-order valence-electron chi connectivity index (χ4n) is 1.47. The van der Waals surface area contributed by atoms with Gasteiger partial charge in [-0.1, -0.05) is 12.1 Å². The number of halogens is 1. The Balaban J connectivity index is 2.47. The molecular formula is C12H18FNO. The van der Waals surface area contributed by atoms with E-state index < -0.39 is 0 Å². The van der Waals surface area contributed by atoms with Crippen LogP contribution in [0.2, 0.25) is 0 Å². The molecule has 0 unspecified atom stereocenters. The molecule has 0 amide bonds. The van der Waals surface area contributed by atoms with Crippen molar-refractivity contribution in [2.45, 2.75) is 13.3 Å². The largest absolute Gasteiger partial charge is 0.369 e. The van der Waals surface area contributed by atoms with E-state index in [0.29, 0.717) is 12.3 Å². The van der Waals surface area contributed by atoms with E-state index in [-0.39, 0.29) is 5.82 Å². The first kappa shape index (κ1) is 12.1. The summed E-state index contributed by atoms with van der Waals surface area (Å²) >= 11 is 0. The maximum atomic E-state index is 13.0. The summed E-state index contributed by atoms with van der Waals surface area (Å²) in [5.74, 6) is -0.135. The third-order valence-corrected chi connectivity index (χ3v) is 2.35. The minimum absolute atomic E-state index is 0.135. The lowest BCUT2D eigenvalue weighted by molar-refractivity contribution is 0.0827.